The molecule has 2 aromatic rings. The molecule has 116 valence electrons. The van der Waals surface area contributed by atoms with Crippen LogP contribution >= 0.6 is 11.6 Å². The molecule has 2 heterocycles. The van der Waals surface area contributed by atoms with E-state index in [1.807, 2.05) is 0 Å². The molecule has 7 nitrogen and oxygen atoms in total. The van der Waals surface area contributed by atoms with Gasteiger partial charge in [-0.15, -0.1) is 0 Å². The van der Waals surface area contributed by atoms with E-state index in [9.17, 15) is 4.79 Å². The molecule has 0 unspecified atom stereocenters. The molecule has 0 N–H and O–H groups in total. The van der Waals surface area contributed by atoms with Gasteiger partial charge in [0, 0.05) is 11.6 Å². The Morgan fingerprint density at radius 2 is 2.41 bits per heavy atom. The smallest absolute Gasteiger partial charge is 0.261 e. The van der Waals surface area contributed by atoms with E-state index in [0.29, 0.717) is 36.4 Å². The number of morpholine rings is 1. The Labute approximate surface area is 131 Å². The molecular formula is C14H14ClN3O4. The van der Waals surface area contributed by atoms with Crippen molar-refractivity contribution in [3.05, 3.63) is 41.5 Å². The molecule has 1 aromatic heterocycles. The summed E-state index contributed by atoms with van der Waals surface area (Å²) in [5.74, 6) is 0.805. The number of amides is 1. The molecule has 0 aliphatic carbocycles. The fourth-order valence-corrected chi connectivity index (χ4v) is 2.41. The minimum atomic E-state index is -0.358. The van der Waals surface area contributed by atoms with Gasteiger partial charge in [0.25, 0.3) is 5.91 Å². The van der Waals surface area contributed by atoms with E-state index in [4.69, 9.17) is 25.6 Å². The normalized spacial score (nSPS) is 18.2. The maximum absolute atomic E-state index is 12.4. The lowest BCUT2D eigenvalue weighted by Crippen LogP contribution is -2.45. The van der Waals surface area contributed by atoms with Crippen molar-refractivity contribution in [2.75, 3.05) is 26.4 Å². The first kappa shape index (κ1) is 14.8. The van der Waals surface area contributed by atoms with Crippen molar-refractivity contribution in [1.82, 2.24) is 15.0 Å². The third-order valence-electron chi connectivity index (χ3n) is 3.28. The van der Waals surface area contributed by atoms with E-state index in [1.165, 1.54) is 6.39 Å². The molecule has 1 aliphatic rings. The van der Waals surface area contributed by atoms with E-state index < -0.39 is 0 Å². The van der Waals surface area contributed by atoms with Gasteiger partial charge < -0.3 is 18.9 Å². The van der Waals surface area contributed by atoms with Gasteiger partial charge in [0.05, 0.1) is 13.2 Å². The lowest BCUT2D eigenvalue weighted by molar-refractivity contribution is -0.142. The monoisotopic (exact) mass is 323 g/mol. The standard InChI is InChI=1S/C14H14ClN3O4/c15-10-2-1-3-11(6-10)21-8-13(19)18-4-5-20-7-12(18)14-16-9-22-17-14/h1-3,6,9,12H,4-5,7-8H2/t12-/m1/s1. The van der Waals surface area contributed by atoms with Gasteiger partial charge in [-0.3, -0.25) is 4.79 Å². The zero-order chi connectivity index (χ0) is 15.4. The number of hydrogen-bond acceptors (Lipinski definition) is 6. The van der Waals surface area contributed by atoms with Gasteiger partial charge in [0.1, 0.15) is 11.8 Å². The molecule has 8 heteroatoms. The second kappa shape index (κ2) is 6.76. The van der Waals surface area contributed by atoms with Gasteiger partial charge in [0.15, 0.2) is 12.4 Å². The molecule has 0 spiro atoms. The van der Waals surface area contributed by atoms with Gasteiger partial charge >= 0.3 is 0 Å². The molecule has 1 fully saturated rings. The van der Waals surface area contributed by atoms with E-state index in [1.54, 1.807) is 29.2 Å². The number of benzene rings is 1. The molecule has 0 saturated carbocycles. The molecule has 0 radical (unpaired) electrons. The van der Waals surface area contributed by atoms with Crippen molar-refractivity contribution in [2.24, 2.45) is 0 Å². The molecule has 0 bridgehead atoms. The van der Waals surface area contributed by atoms with Crippen LogP contribution in [0.2, 0.25) is 5.02 Å². The largest absolute Gasteiger partial charge is 0.484 e. The van der Waals surface area contributed by atoms with Crippen molar-refractivity contribution >= 4 is 17.5 Å². The third-order valence-corrected chi connectivity index (χ3v) is 3.52. The summed E-state index contributed by atoms with van der Waals surface area (Å²) >= 11 is 5.88. The highest BCUT2D eigenvalue weighted by Crippen LogP contribution is 2.22. The van der Waals surface area contributed by atoms with Gasteiger partial charge in [-0.05, 0) is 18.2 Å². The topological polar surface area (TPSA) is 77.7 Å². The number of carbonyl (C=O) groups excluding carboxylic acids is 1. The number of halogens is 1. The number of nitrogens with zero attached hydrogens (tertiary/aromatic N) is 3. The van der Waals surface area contributed by atoms with Crippen molar-refractivity contribution in [1.29, 1.82) is 0 Å². The number of carbonyl (C=O) groups is 1. The average molecular weight is 324 g/mol. The molecule has 22 heavy (non-hydrogen) atoms. The van der Waals surface area contributed by atoms with Crippen LogP contribution in [0.4, 0.5) is 0 Å². The summed E-state index contributed by atoms with van der Waals surface area (Å²) in [6.07, 6.45) is 1.23. The Hall–Kier alpha value is -2.12. The summed E-state index contributed by atoms with van der Waals surface area (Å²) in [5, 5.41) is 4.34. The molecule has 3 rings (SSSR count). The molecule has 1 aromatic carbocycles. The van der Waals surface area contributed by atoms with Gasteiger partial charge in [-0.25, -0.2) is 0 Å². The predicted octanol–water partition coefficient (Wildman–Crippen LogP) is 1.70. The highest BCUT2D eigenvalue weighted by molar-refractivity contribution is 6.30. The van der Waals surface area contributed by atoms with Crippen LogP contribution < -0.4 is 4.74 Å². The quantitative estimate of drug-likeness (QED) is 0.852. The zero-order valence-corrected chi connectivity index (χ0v) is 12.4. The molecule has 1 saturated heterocycles. The van der Waals surface area contributed by atoms with Crippen molar-refractivity contribution < 1.29 is 18.8 Å². The first-order valence-corrected chi connectivity index (χ1v) is 7.13. The van der Waals surface area contributed by atoms with Gasteiger partial charge in [-0.2, -0.15) is 4.98 Å². The summed E-state index contributed by atoms with van der Waals surface area (Å²) in [6, 6.07) is 6.55. The predicted molar refractivity (Wildman–Crippen MR) is 76.5 cm³/mol. The lowest BCUT2D eigenvalue weighted by atomic mass is 10.2. The minimum absolute atomic E-state index is 0.0886. The van der Waals surface area contributed by atoms with Crippen LogP contribution in [0.1, 0.15) is 11.9 Å². The summed E-state index contributed by atoms with van der Waals surface area (Å²) < 4.78 is 15.6. The van der Waals surface area contributed by atoms with Crippen LogP contribution in [0.3, 0.4) is 0 Å². The van der Waals surface area contributed by atoms with E-state index >= 15 is 0 Å². The zero-order valence-electron chi connectivity index (χ0n) is 11.6. The maximum Gasteiger partial charge on any atom is 0.261 e. The van der Waals surface area contributed by atoms with Crippen LogP contribution in [0.15, 0.2) is 35.2 Å². The Morgan fingerprint density at radius 1 is 1.50 bits per heavy atom. The fraction of sp³-hybridized carbons (Fsp3) is 0.357. The Morgan fingerprint density at radius 3 is 3.18 bits per heavy atom. The molecule has 1 aliphatic heterocycles. The van der Waals surface area contributed by atoms with Crippen LogP contribution in [0.5, 0.6) is 5.75 Å². The molecule has 1 amide bonds. The summed E-state index contributed by atoms with van der Waals surface area (Å²) in [4.78, 5) is 18.0. The molecule has 1 atom stereocenters. The van der Waals surface area contributed by atoms with E-state index in [0.717, 1.165) is 0 Å². The van der Waals surface area contributed by atoms with Gasteiger partial charge in [0.2, 0.25) is 6.39 Å². The highest BCUT2D eigenvalue weighted by atomic mass is 35.5. The fourth-order valence-electron chi connectivity index (χ4n) is 2.23. The van der Waals surface area contributed by atoms with Crippen LogP contribution in [0.25, 0.3) is 0 Å². The third kappa shape index (κ3) is 3.37. The first-order valence-electron chi connectivity index (χ1n) is 6.76. The van der Waals surface area contributed by atoms with Crippen molar-refractivity contribution in [2.45, 2.75) is 6.04 Å². The molecular weight excluding hydrogens is 310 g/mol. The number of aromatic nitrogens is 2. The first-order chi connectivity index (χ1) is 10.7. The van der Waals surface area contributed by atoms with Crippen molar-refractivity contribution in [3.8, 4) is 5.75 Å². The number of ether oxygens (including phenoxy) is 2. The minimum Gasteiger partial charge on any atom is -0.484 e. The van der Waals surface area contributed by atoms with Crippen LogP contribution in [-0.2, 0) is 9.53 Å². The number of rotatable bonds is 4. The summed E-state index contributed by atoms with van der Waals surface area (Å²) in [5.41, 5.74) is 0. The Kier molecular flexibility index (Phi) is 4.55. The Balaban J connectivity index is 1.65. The number of hydrogen-bond donors (Lipinski definition) is 0. The second-order valence-corrected chi connectivity index (χ2v) is 5.15. The van der Waals surface area contributed by atoms with E-state index in [-0.39, 0.29) is 18.6 Å². The maximum atomic E-state index is 12.4. The summed E-state index contributed by atoms with van der Waals surface area (Å²) in [6.45, 7) is 1.17. The summed E-state index contributed by atoms with van der Waals surface area (Å²) in [7, 11) is 0. The van der Waals surface area contributed by atoms with Crippen LogP contribution in [0, 0.1) is 0 Å². The highest BCUT2D eigenvalue weighted by Gasteiger charge is 2.31. The lowest BCUT2D eigenvalue weighted by Gasteiger charge is -2.33. The Bertz CT molecular complexity index is 635. The van der Waals surface area contributed by atoms with Crippen LogP contribution in [-0.4, -0.2) is 47.3 Å². The van der Waals surface area contributed by atoms with E-state index in [2.05, 4.69) is 10.1 Å². The second-order valence-electron chi connectivity index (χ2n) is 4.71. The van der Waals surface area contributed by atoms with Crippen molar-refractivity contribution in [3.63, 3.8) is 0 Å². The average Bonchev–Trinajstić information content (AvgIpc) is 3.07. The SMILES string of the molecule is O=C(COc1cccc(Cl)c1)N1CCOC[C@@H]1c1ncon1. The van der Waals surface area contributed by atoms with Gasteiger partial charge in [-0.1, -0.05) is 22.8 Å².